The Kier molecular flexibility index (Phi) is 5.15. The highest BCUT2D eigenvalue weighted by Gasteiger charge is 2.25. The van der Waals surface area contributed by atoms with Gasteiger partial charge in [0.25, 0.3) is 11.8 Å². The first-order chi connectivity index (χ1) is 13.5. The van der Waals surface area contributed by atoms with Gasteiger partial charge in [0.15, 0.2) is 0 Å². The monoisotopic (exact) mass is 411 g/mol. The van der Waals surface area contributed by atoms with E-state index in [0.29, 0.717) is 26.8 Å². The molecule has 1 saturated carbocycles. The van der Waals surface area contributed by atoms with Crippen molar-refractivity contribution < 1.29 is 9.59 Å². The van der Waals surface area contributed by atoms with Gasteiger partial charge in [0.2, 0.25) is 0 Å². The summed E-state index contributed by atoms with van der Waals surface area (Å²) in [4.78, 5) is 29.9. The third-order valence-corrected chi connectivity index (χ3v) is 5.93. The van der Waals surface area contributed by atoms with Gasteiger partial charge in [-0.25, -0.2) is 4.98 Å². The molecule has 2 amide bonds. The number of amides is 2. The van der Waals surface area contributed by atoms with Gasteiger partial charge >= 0.3 is 0 Å². The largest absolute Gasteiger partial charge is 0.349 e. The number of aryl methyl sites for hydroxylation is 1. The van der Waals surface area contributed by atoms with Crippen LogP contribution in [0.4, 0.5) is 5.69 Å². The Bertz CT molecular complexity index is 1050. The molecule has 1 fully saturated rings. The maximum absolute atomic E-state index is 12.7. The molecule has 1 aliphatic carbocycles. The molecule has 0 atom stereocenters. The number of anilines is 1. The third kappa shape index (κ3) is 4.08. The summed E-state index contributed by atoms with van der Waals surface area (Å²) in [5, 5.41) is 6.85. The number of aromatic nitrogens is 1. The molecule has 3 aromatic rings. The fraction of sp³-hybridized carbons (Fsp3) is 0.190. The Morgan fingerprint density at radius 2 is 1.86 bits per heavy atom. The Balaban J connectivity index is 1.50. The van der Waals surface area contributed by atoms with Gasteiger partial charge < -0.3 is 10.6 Å². The molecule has 5 nitrogen and oxygen atoms in total. The summed E-state index contributed by atoms with van der Waals surface area (Å²) in [6.07, 6.45) is 2.02. The van der Waals surface area contributed by atoms with Gasteiger partial charge in [-0.15, -0.1) is 11.3 Å². The Morgan fingerprint density at radius 3 is 2.54 bits per heavy atom. The molecule has 28 heavy (non-hydrogen) atoms. The summed E-state index contributed by atoms with van der Waals surface area (Å²) in [5.74, 6) is -0.431. The number of nitrogens with zero attached hydrogens (tertiary/aromatic N) is 1. The molecule has 7 heteroatoms. The number of halogens is 1. The normalized spacial score (nSPS) is 13.2. The Morgan fingerprint density at radius 1 is 1.11 bits per heavy atom. The lowest BCUT2D eigenvalue weighted by Crippen LogP contribution is -2.25. The minimum atomic E-state index is -0.247. The molecule has 0 aliphatic heterocycles. The van der Waals surface area contributed by atoms with Gasteiger partial charge in [-0.05, 0) is 38.0 Å². The predicted octanol–water partition coefficient (Wildman–Crippen LogP) is 4.92. The second kappa shape index (κ2) is 7.73. The number of nitrogens with one attached hydrogen (secondary N) is 2. The van der Waals surface area contributed by atoms with E-state index in [2.05, 4.69) is 15.6 Å². The van der Waals surface area contributed by atoms with E-state index in [4.69, 9.17) is 11.6 Å². The quantitative estimate of drug-likeness (QED) is 0.626. The van der Waals surface area contributed by atoms with Crippen LogP contribution < -0.4 is 10.6 Å². The van der Waals surface area contributed by atoms with E-state index >= 15 is 0 Å². The summed E-state index contributed by atoms with van der Waals surface area (Å²) in [5.41, 5.74) is 2.59. The second-order valence-electron chi connectivity index (χ2n) is 6.70. The van der Waals surface area contributed by atoms with Crippen molar-refractivity contribution in [3.8, 4) is 10.6 Å². The summed E-state index contributed by atoms with van der Waals surface area (Å²) >= 11 is 7.60. The average molecular weight is 412 g/mol. The highest BCUT2D eigenvalue weighted by Crippen LogP contribution is 2.29. The molecule has 0 bridgehead atoms. The van der Waals surface area contributed by atoms with Crippen LogP contribution in [0, 0.1) is 6.92 Å². The van der Waals surface area contributed by atoms with E-state index in [9.17, 15) is 9.59 Å². The molecule has 1 aromatic heterocycles. The topological polar surface area (TPSA) is 71.1 Å². The van der Waals surface area contributed by atoms with E-state index in [0.717, 1.165) is 23.4 Å². The number of carbonyl (C=O) groups is 2. The van der Waals surface area contributed by atoms with E-state index in [-0.39, 0.29) is 17.9 Å². The fourth-order valence-electron chi connectivity index (χ4n) is 2.77. The van der Waals surface area contributed by atoms with Gasteiger partial charge in [0, 0.05) is 17.3 Å². The van der Waals surface area contributed by atoms with Gasteiger partial charge in [-0.2, -0.15) is 0 Å². The van der Waals surface area contributed by atoms with Crippen LogP contribution in [-0.4, -0.2) is 22.8 Å². The molecule has 0 unspecified atom stereocenters. The smallest absolute Gasteiger partial charge is 0.267 e. The zero-order chi connectivity index (χ0) is 19.7. The van der Waals surface area contributed by atoms with E-state index in [1.807, 2.05) is 37.3 Å². The van der Waals surface area contributed by atoms with Crippen molar-refractivity contribution in [2.75, 3.05) is 5.32 Å². The SMILES string of the molecule is Cc1nc(-c2ccccc2)sc1C(=O)Nc1ccc(C(=O)NC2CC2)c(Cl)c1. The van der Waals surface area contributed by atoms with Crippen molar-refractivity contribution in [1.82, 2.24) is 10.3 Å². The maximum atomic E-state index is 12.7. The summed E-state index contributed by atoms with van der Waals surface area (Å²) in [7, 11) is 0. The molecule has 2 N–H and O–H groups in total. The lowest BCUT2D eigenvalue weighted by molar-refractivity contribution is 0.0950. The van der Waals surface area contributed by atoms with Crippen LogP contribution in [0.3, 0.4) is 0 Å². The lowest BCUT2D eigenvalue weighted by Gasteiger charge is -2.09. The van der Waals surface area contributed by atoms with Crippen molar-refractivity contribution in [3.05, 3.63) is 69.7 Å². The Labute approximate surface area is 171 Å². The van der Waals surface area contributed by atoms with Crippen LogP contribution in [0.2, 0.25) is 5.02 Å². The first-order valence-corrected chi connectivity index (χ1v) is 10.2. The first-order valence-electron chi connectivity index (χ1n) is 8.96. The highest BCUT2D eigenvalue weighted by atomic mass is 35.5. The van der Waals surface area contributed by atoms with E-state index in [1.165, 1.54) is 11.3 Å². The summed E-state index contributed by atoms with van der Waals surface area (Å²) in [6, 6.07) is 14.9. The average Bonchev–Trinajstić information content (AvgIpc) is 3.40. The van der Waals surface area contributed by atoms with Crippen LogP contribution >= 0.6 is 22.9 Å². The number of benzene rings is 2. The maximum Gasteiger partial charge on any atom is 0.267 e. The van der Waals surface area contributed by atoms with Gasteiger partial charge in [0.05, 0.1) is 16.3 Å². The summed E-state index contributed by atoms with van der Waals surface area (Å²) < 4.78 is 0. The molecule has 0 saturated heterocycles. The second-order valence-corrected chi connectivity index (χ2v) is 8.10. The number of hydrogen-bond donors (Lipinski definition) is 2. The number of carbonyl (C=O) groups excluding carboxylic acids is 2. The van der Waals surface area contributed by atoms with Crippen molar-refractivity contribution >= 4 is 40.4 Å². The fourth-order valence-corrected chi connectivity index (χ4v) is 4.00. The van der Waals surface area contributed by atoms with Gasteiger partial charge in [-0.1, -0.05) is 41.9 Å². The van der Waals surface area contributed by atoms with Crippen molar-refractivity contribution in [3.63, 3.8) is 0 Å². The highest BCUT2D eigenvalue weighted by molar-refractivity contribution is 7.17. The lowest BCUT2D eigenvalue weighted by atomic mass is 10.2. The van der Waals surface area contributed by atoms with Crippen molar-refractivity contribution in [2.24, 2.45) is 0 Å². The molecule has 142 valence electrons. The minimum Gasteiger partial charge on any atom is -0.349 e. The number of thiazole rings is 1. The van der Waals surface area contributed by atoms with Crippen molar-refractivity contribution in [2.45, 2.75) is 25.8 Å². The number of hydrogen-bond acceptors (Lipinski definition) is 4. The van der Waals surface area contributed by atoms with Crippen LogP contribution in [0.25, 0.3) is 10.6 Å². The standard InChI is InChI=1S/C21H18ClN3O2S/c1-12-18(28-21(23-12)13-5-3-2-4-6-13)20(27)25-15-9-10-16(17(22)11-15)19(26)24-14-7-8-14/h2-6,9-11,14H,7-8H2,1H3,(H,24,26)(H,25,27). The minimum absolute atomic E-state index is 0.184. The Hall–Kier alpha value is -2.70. The van der Waals surface area contributed by atoms with Gasteiger partial charge in [0.1, 0.15) is 9.88 Å². The van der Waals surface area contributed by atoms with Crippen molar-refractivity contribution in [1.29, 1.82) is 0 Å². The number of rotatable bonds is 5. The van der Waals surface area contributed by atoms with Crippen LogP contribution in [-0.2, 0) is 0 Å². The van der Waals surface area contributed by atoms with Gasteiger partial charge in [-0.3, -0.25) is 9.59 Å². The molecule has 1 heterocycles. The molecular weight excluding hydrogens is 394 g/mol. The van der Waals surface area contributed by atoms with E-state index in [1.54, 1.807) is 18.2 Å². The summed E-state index contributed by atoms with van der Waals surface area (Å²) in [6.45, 7) is 1.82. The molecule has 4 rings (SSSR count). The third-order valence-electron chi connectivity index (χ3n) is 4.41. The van der Waals surface area contributed by atoms with Crippen LogP contribution in [0.5, 0.6) is 0 Å². The zero-order valence-corrected chi connectivity index (χ0v) is 16.7. The predicted molar refractivity (Wildman–Crippen MR) is 112 cm³/mol. The first kappa shape index (κ1) is 18.7. The van der Waals surface area contributed by atoms with E-state index < -0.39 is 0 Å². The zero-order valence-electron chi connectivity index (χ0n) is 15.2. The molecular formula is C21H18ClN3O2S. The molecule has 1 aliphatic rings. The van der Waals surface area contributed by atoms with Crippen LogP contribution in [0.15, 0.2) is 48.5 Å². The van der Waals surface area contributed by atoms with Crippen LogP contribution in [0.1, 0.15) is 38.6 Å². The molecule has 2 aromatic carbocycles. The molecule has 0 radical (unpaired) electrons. The molecule has 0 spiro atoms.